The second-order valence-electron chi connectivity index (χ2n) is 7.72. The number of carbonyl (C=O) groups is 1. The van der Waals surface area contributed by atoms with Gasteiger partial charge in [-0.2, -0.15) is 0 Å². The molecule has 0 bridgehead atoms. The molecule has 0 amide bonds. The quantitative estimate of drug-likeness (QED) is 0.474. The van der Waals surface area contributed by atoms with Crippen molar-refractivity contribution in [1.82, 2.24) is 4.57 Å². The van der Waals surface area contributed by atoms with Crippen LogP contribution in [0.15, 0.2) is 75.7 Å². The van der Waals surface area contributed by atoms with Crippen molar-refractivity contribution in [2.24, 2.45) is 4.99 Å². The minimum Gasteiger partial charge on any atom is -0.497 e. The Morgan fingerprint density at radius 1 is 1.14 bits per heavy atom. The van der Waals surface area contributed by atoms with Crippen molar-refractivity contribution >= 4 is 29.5 Å². The third kappa shape index (κ3) is 4.97. The zero-order valence-corrected chi connectivity index (χ0v) is 20.8. The summed E-state index contributed by atoms with van der Waals surface area (Å²) in [6, 6.07) is 14.4. The molecule has 1 aliphatic heterocycles. The second-order valence-corrected chi connectivity index (χ2v) is 8.73. The molecule has 2 aromatic carbocycles. The van der Waals surface area contributed by atoms with Crippen molar-refractivity contribution in [3.05, 3.63) is 96.7 Å². The lowest BCUT2D eigenvalue weighted by Gasteiger charge is -2.21. The molecule has 1 unspecified atom stereocenters. The molecule has 3 aromatic rings. The fourth-order valence-electron chi connectivity index (χ4n) is 3.88. The monoisotopic (exact) mass is 490 g/mol. The summed E-state index contributed by atoms with van der Waals surface area (Å²) >= 11 is 1.26. The molecule has 7 nitrogen and oxygen atoms in total. The molecule has 35 heavy (non-hydrogen) atoms. The molecule has 0 radical (unpaired) electrons. The van der Waals surface area contributed by atoms with Gasteiger partial charge < -0.3 is 14.2 Å². The first-order valence-corrected chi connectivity index (χ1v) is 11.9. The van der Waals surface area contributed by atoms with E-state index in [1.165, 1.54) is 11.3 Å². The topological polar surface area (TPSA) is 79.1 Å². The Kier molecular flexibility index (Phi) is 7.31. The van der Waals surface area contributed by atoms with E-state index in [1.807, 2.05) is 42.5 Å². The van der Waals surface area contributed by atoms with Crippen LogP contribution in [0.4, 0.5) is 0 Å². The maximum atomic E-state index is 13.6. The molecule has 0 spiro atoms. The lowest BCUT2D eigenvalue weighted by atomic mass is 10.0. The van der Waals surface area contributed by atoms with E-state index in [2.05, 4.69) is 4.99 Å². The fourth-order valence-corrected chi connectivity index (χ4v) is 4.92. The van der Waals surface area contributed by atoms with Gasteiger partial charge in [0, 0.05) is 5.56 Å². The molecule has 0 saturated carbocycles. The zero-order valence-electron chi connectivity index (χ0n) is 20.0. The number of allylic oxidation sites excluding steroid dienone is 2. The number of nitrogens with zero attached hydrogens (tertiary/aromatic N) is 2. The Hall–Kier alpha value is -3.91. The van der Waals surface area contributed by atoms with E-state index < -0.39 is 12.0 Å². The van der Waals surface area contributed by atoms with Gasteiger partial charge in [-0.3, -0.25) is 9.36 Å². The molecule has 1 aromatic heterocycles. The van der Waals surface area contributed by atoms with Gasteiger partial charge in [-0.05, 0) is 43.7 Å². The van der Waals surface area contributed by atoms with Gasteiger partial charge >= 0.3 is 5.97 Å². The number of rotatable bonds is 7. The predicted molar refractivity (Wildman–Crippen MR) is 136 cm³/mol. The maximum Gasteiger partial charge on any atom is 0.338 e. The van der Waals surface area contributed by atoms with Crippen LogP contribution in [0.3, 0.4) is 0 Å². The third-order valence-corrected chi connectivity index (χ3v) is 6.54. The Balaban J connectivity index is 1.90. The van der Waals surface area contributed by atoms with Crippen LogP contribution in [-0.4, -0.2) is 31.4 Å². The first-order valence-electron chi connectivity index (χ1n) is 11.1. The second kappa shape index (κ2) is 10.6. The van der Waals surface area contributed by atoms with Gasteiger partial charge in [-0.15, -0.1) is 0 Å². The van der Waals surface area contributed by atoms with Crippen LogP contribution in [0, 0.1) is 0 Å². The van der Waals surface area contributed by atoms with E-state index in [0.717, 1.165) is 5.56 Å². The van der Waals surface area contributed by atoms with E-state index in [0.29, 0.717) is 37.7 Å². The summed E-state index contributed by atoms with van der Waals surface area (Å²) in [5, 5.41) is 0. The van der Waals surface area contributed by atoms with Crippen LogP contribution in [0.5, 0.6) is 11.5 Å². The molecule has 4 rings (SSSR count). The minimum absolute atomic E-state index is 0.227. The van der Waals surface area contributed by atoms with Crippen molar-refractivity contribution in [2.45, 2.75) is 19.9 Å². The number of methoxy groups -OCH3 is 2. The molecule has 0 N–H and O–H groups in total. The van der Waals surface area contributed by atoms with Gasteiger partial charge in [-0.25, -0.2) is 9.79 Å². The number of ether oxygens (including phenoxy) is 3. The van der Waals surface area contributed by atoms with E-state index >= 15 is 0 Å². The number of benzene rings is 2. The van der Waals surface area contributed by atoms with E-state index in [-0.39, 0.29) is 12.2 Å². The third-order valence-electron chi connectivity index (χ3n) is 5.55. The molecule has 8 heteroatoms. The van der Waals surface area contributed by atoms with E-state index in [4.69, 9.17) is 14.2 Å². The van der Waals surface area contributed by atoms with E-state index in [9.17, 15) is 9.59 Å². The van der Waals surface area contributed by atoms with Crippen molar-refractivity contribution in [3.63, 3.8) is 0 Å². The summed E-state index contributed by atoms with van der Waals surface area (Å²) in [5.41, 5.74) is 2.27. The number of esters is 1. The predicted octanol–water partition coefficient (Wildman–Crippen LogP) is 3.48. The highest BCUT2D eigenvalue weighted by molar-refractivity contribution is 7.07. The van der Waals surface area contributed by atoms with Crippen molar-refractivity contribution < 1.29 is 19.0 Å². The van der Waals surface area contributed by atoms with Crippen LogP contribution in [-0.2, 0) is 9.53 Å². The summed E-state index contributed by atoms with van der Waals surface area (Å²) < 4.78 is 18.1. The Bertz CT molecular complexity index is 1480. The van der Waals surface area contributed by atoms with Crippen LogP contribution < -0.4 is 24.4 Å². The molecule has 180 valence electrons. The van der Waals surface area contributed by atoms with Gasteiger partial charge in [0.2, 0.25) is 0 Å². The highest BCUT2D eigenvalue weighted by Crippen LogP contribution is 2.27. The number of thiazole rings is 1. The first kappa shape index (κ1) is 24.2. The number of hydrogen-bond acceptors (Lipinski definition) is 7. The number of carbonyl (C=O) groups excluding carboxylic acids is 1. The maximum absolute atomic E-state index is 13.6. The Morgan fingerprint density at radius 2 is 1.91 bits per heavy atom. The molecule has 0 aliphatic carbocycles. The minimum atomic E-state index is -0.653. The van der Waals surface area contributed by atoms with Crippen molar-refractivity contribution in [1.29, 1.82) is 0 Å². The van der Waals surface area contributed by atoms with Crippen molar-refractivity contribution in [3.8, 4) is 11.5 Å². The Labute approximate surface area is 206 Å². The van der Waals surface area contributed by atoms with Gasteiger partial charge in [0.25, 0.3) is 5.56 Å². The molecule has 1 aliphatic rings. The van der Waals surface area contributed by atoms with Gasteiger partial charge in [-0.1, -0.05) is 53.8 Å². The molecular formula is C27H26N2O5S. The molecule has 0 saturated heterocycles. The summed E-state index contributed by atoms with van der Waals surface area (Å²) in [6.07, 6.45) is 5.49. The fraction of sp³-hybridized carbons (Fsp3) is 0.222. The lowest BCUT2D eigenvalue weighted by Crippen LogP contribution is -2.38. The van der Waals surface area contributed by atoms with Crippen LogP contribution in [0.1, 0.15) is 31.0 Å². The highest BCUT2D eigenvalue weighted by atomic mass is 32.1. The standard InChI is InChI=1S/C27H26N2O5S/c1-5-34-26(31)24-17(2)28-27-29(21(24)13-11-18-9-7-6-8-10-18)25(30)23(35-27)16-19-15-20(32-3)12-14-22(19)33-4/h6-16,21H,5H2,1-4H3. The van der Waals surface area contributed by atoms with Crippen molar-refractivity contribution in [2.75, 3.05) is 20.8 Å². The molecule has 2 heterocycles. The summed E-state index contributed by atoms with van der Waals surface area (Å²) in [7, 11) is 3.16. The number of fused-ring (bicyclic) bond motifs is 1. The van der Waals surface area contributed by atoms with Gasteiger partial charge in [0.1, 0.15) is 11.5 Å². The molecular weight excluding hydrogens is 464 g/mol. The molecule has 0 fully saturated rings. The smallest absolute Gasteiger partial charge is 0.338 e. The van der Waals surface area contributed by atoms with Gasteiger partial charge in [0.15, 0.2) is 4.80 Å². The van der Waals surface area contributed by atoms with Gasteiger partial charge in [0.05, 0.1) is 42.7 Å². The van der Waals surface area contributed by atoms with Crippen LogP contribution in [0.25, 0.3) is 12.2 Å². The summed E-state index contributed by atoms with van der Waals surface area (Å²) in [5.74, 6) is 0.773. The summed E-state index contributed by atoms with van der Waals surface area (Å²) in [4.78, 5) is 31.6. The SMILES string of the molecule is CCOC(=O)C1=C(C)N=c2sc(=Cc3cc(OC)ccc3OC)c(=O)n2C1C=Cc1ccccc1. The average Bonchev–Trinajstić information content (AvgIpc) is 3.17. The average molecular weight is 491 g/mol. The highest BCUT2D eigenvalue weighted by Gasteiger charge is 2.30. The van der Waals surface area contributed by atoms with E-state index in [1.54, 1.807) is 56.9 Å². The number of aromatic nitrogens is 1. The zero-order chi connectivity index (χ0) is 24.9. The summed E-state index contributed by atoms with van der Waals surface area (Å²) in [6.45, 7) is 3.74. The molecule has 1 atom stereocenters. The number of hydrogen-bond donors (Lipinski definition) is 0. The lowest BCUT2D eigenvalue weighted by molar-refractivity contribution is -0.139. The normalized spacial score (nSPS) is 15.7. The van der Waals surface area contributed by atoms with Crippen LogP contribution in [0.2, 0.25) is 0 Å². The van der Waals surface area contributed by atoms with Crippen LogP contribution >= 0.6 is 11.3 Å². The first-order chi connectivity index (χ1) is 17.0. The Morgan fingerprint density at radius 3 is 2.60 bits per heavy atom. The largest absolute Gasteiger partial charge is 0.497 e.